The Morgan fingerprint density at radius 1 is 0.909 bits per heavy atom. The second-order valence-electron chi connectivity index (χ2n) is 4.29. The predicted octanol–water partition coefficient (Wildman–Crippen LogP) is 1.71. The number of nitrogens with zero attached hydrogens (tertiary/aromatic N) is 3. The van der Waals surface area contributed by atoms with Crippen molar-refractivity contribution < 1.29 is 4.84 Å². The van der Waals surface area contributed by atoms with E-state index in [1.165, 1.54) is 6.21 Å². The predicted molar refractivity (Wildman–Crippen MR) is 88.8 cm³/mol. The van der Waals surface area contributed by atoms with Gasteiger partial charge in [0.25, 0.3) is 0 Å². The van der Waals surface area contributed by atoms with Gasteiger partial charge in [0.15, 0.2) is 6.61 Å². The largest absolute Gasteiger partial charge is 0.389 e. The Labute approximate surface area is 128 Å². The number of hydrogen-bond donors (Lipinski definition) is 2. The molecule has 2 aromatic carbocycles. The molecule has 0 saturated heterocycles. The summed E-state index contributed by atoms with van der Waals surface area (Å²) in [5.74, 6) is -0.103. The minimum atomic E-state index is -0.103. The number of rotatable bonds is 6. The summed E-state index contributed by atoms with van der Waals surface area (Å²) in [5, 5.41) is 11.3. The number of guanidine groups is 1. The molecule has 0 saturated carbocycles. The van der Waals surface area contributed by atoms with E-state index in [-0.39, 0.29) is 12.6 Å². The smallest absolute Gasteiger partial charge is 0.211 e. The van der Waals surface area contributed by atoms with Crippen molar-refractivity contribution in [3.8, 4) is 0 Å². The second kappa shape index (κ2) is 8.21. The third-order valence-corrected chi connectivity index (χ3v) is 2.65. The average Bonchev–Trinajstić information content (AvgIpc) is 2.55. The molecule has 0 amide bonds. The van der Waals surface area contributed by atoms with Gasteiger partial charge in [-0.3, -0.25) is 0 Å². The van der Waals surface area contributed by atoms with Gasteiger partial charge in [-0.1, -0.05) is 65.8 Å². The maximum Gasteiger partial charge on any atom is 0.211 e. The van der Waals surface area contributed by atoms with Crippen molar-refractivity contribution in [3.63, 3.8) is 0 Å². The first kappa shape index (κ1) is 15.2. The molecule has 6 nitrogen and oxygen atoms in total. The molecule has 22 heavy (non-hydrogen) atoms. The quantitative estimate of drug-likeness (QED) is 0.367. The first-order valence-electron chi connectivity index (χ1n) is 6.68. The number of oxime groups is 1. The third-order valence-electron chi connectivity index (χ3n) is 2.65. The number of benzene rings is 2. The van der Waals surface area contributed by atoms with Gasteiger partial charge in [0.2, 0.25) is 5.96 Å². The van der Waals surface area contributed by atoms with E-state index in [4.69, 9.17) is 16.3 Å². The van der Waals surface area contributed by atoms with Crippen LogP contribution < -0.4 is 11.5 Å². The minimum Gasteiger partial charge on any atom is -0.389 e. The highest BCUT2D eigenvalue weighted by atomic mass is 16.6. The van der Waals surface area contributed by atoms with Crippen LogP contribution in [-0.4, -0.2) is 24.5 Å². The lowest BCUT2D eigenvalue weighted by molar-refractivity contribution is 0.187. The zero-order valence-corrected chi connectivity index (χ0v) is 12.0. The van der Waals surface area contributed by atoms with Crippen LogP contribution in [0, 0.1) is 0 Å². The van der Waals surface area contributed by atoms with Gasteiger partial charge < -0.3 is 16.3 Å². The molecule has 0 radical (unpaired) electrons. The van der Waals surface area contributed by atoms with E-state index in [0.29, 0.717) is 0 Å². The highest BCUT2D eigenvalue weighted by Gasteiger charge is 2.06. The van der Waals surface area contributed by atoms with Gasteiger partial charge in [0, 0.05) is 11.1 Å². The number of hydrogen-bond acceptors (Lipinski definition) is 4. The first-order valence-corrected chi connectivity index (χ1v) is 6.68. The van der Waals surface area contributed by atoms with Gasteiger partial charge in [-0.15, -0.1) is 5.10 Å². The standard InChI is InChI=1S/C16H17N5O/c17-16(18)20-19-11-12-22-21-15(13-7-3-1-4-8-13)14-9-5-2-6-10-14/h1-11H,12H2,(H4,17,18,20)/b19-11+. The van der Waals surface area contributed by atoms with Crippen LogP contribution in [0.1, 0.15) is 11.1 Å². The van der Waals surface area contributed by atoms with Crippen molar-refractivity contribution in [2.45, 2.75) is 0 Å². The average molecular weight is 295 g/mol. The molecule has 6 heteroatoms. The molecule has 0 aliphatic heterocycles. The van der Waals surface area contributed by atoms with Crippen molar-refractivity contribution >= 4 is 17.9 Å². The Kier molecular flexibility index (Phi) is 5.69. The maximum atomic E-state index is 5.27. The van der Waals surface area contributed by atoms with Gasteiger partial charge in [-0.2, -0.15) is 5.10 Å². The summed E-state index contributed by atoms with van der Waals surface area (Å²) >= 11 is 0. The first-order chi connectivity index (χ1) is 10.8. The van der Waals surface area contributed by atoms with Gasteiger partial charge in [0.1, 0.15) is 5.71 Å². The Balaban J connectivity index is 2.14. The van der Waals surface area contributed by atoms with Crippen LogP contribution in [0.2, 0.25) is 0 Å². The fourth-order valence-corrected chi connectivity index (χ4v) is 1.74. The summed E-state index contributed by atoms with van der Waals surface area (Å²) in [6.45, 7) is 0.167. The van der Waals surface area contributed by atoms with Crippen molar-refractivity contribution in [3.05, 3.63) is 71.8 Å². The molecule has 0 heterocycles. The lowest BCUT2D eigenvalue weighted by Crippen LogP contribution is -2.21. The zero-order valence-electron chi connectivity index (χ0n) is 12.0. The van der Waals surface area contributed by atoms with Gasteiger partial charge in [0.05, 0.1) is 6.21 Å². The molecule has 4 N–H and O–H groups in total. The summed E-state index contributed by atoms with van der Waals surface area (Å²) in [5.41, 5.74) is 13.0. The second-order valence-corrected chi connectivity index (χ2v) is 4.29. The number of nitrogens with two attached hydrogens (primary N) is 2. The van der Waals surface area contributed by atoms with Crippen LogP contribution in [0.25, 0.3) is 0 Å². The Hall–Kier alpha value is -3.15. The molecular weight excluding hydrogens is 278 g/mol. The van der Waals surface area contributed by atoms with Gasteiger partial charge >= 0.3 is 0 Å². The van der Waals surface area contributed by atoms with Crippen LogP contribution in [0.5, 0.6) is 0 Å². The van der Waals surface area contributed by atoms with Crippen LogP contribution in [0.3, 0.4) is 0 Å². The molecule has 0 aliphatic carbocycles. The molecule has 0 aromatic heterocycles. The molecule has 112 valence electrons. The molecule has 0 unspecified atom stereocenters. The minimum absolute atomic E-state index is 0.103. The monoisotopic (exact) mass is 295 g/mol. The van der Waals surface area contributed by atoms with Crippen LogP contribution in [0.15, 0.2) is 76.0 Å². The fraction of sp³-hybridized carbons (Fsp3) is 0.0625. The molecule has 0 bridgehead atoms. The van der Waals surface area contributed by atoms with E-state index < -0.39 is 0 Å². The van der Waals surface area contributed by atoms with Crippen molar-refractivity contribution in [1.29, 1.82) is 0 Å². The summed E-state index contributed by atoms with van der Waals surface area (Å²) in [4.78, 5) is 5.27. The van der Waals surface area contributed by atoms with E-state index in [2.05, 4.69) is 15.4 Å². The van der Waals surface area contributed by atoms with Crippen molar-refractivity contribution in [1.82, 2.24) is 0 Å². The zero-order chi connectivity index (χ0) is 15.6. The summed E-state index contributed by atoms with van der Waals surface area (Å²) < 4.78 is 0. The Morgan fingerprint density at radius 3 is 1.95 bits per heavy atom. The van der Waals surface area contributed by atoms with Crippen LogP contribution in [-0.2, 0) is 4.84 Å². The molecule has 0 fully saturated rings. The Bertz CT molecular complexity index is 620. The van der Waals surface area contributed by atoms with Crippen LogP contribution >= 0.6 is 0 Å². The summed E-state index contributed by atoms with van der Waals surface area (Å²) in [7, 11) is 0. The molecule has 0 spiro atoms. The summed E-state index contributed by atoms with van der Waals surface area (Å²) in [6.07, 6.45) is 1.43. The van der Waals surface area contributed by atoms with E-state index >= 15 is 0 Å². The Morgan fingerprint density at radius 2 is 1.45 bits per heavy atom. The van der Waals surface area contributed by atoms with Gasteiger partial charge in [-0.25, -0.2) is 0 Å². The fourth-order valence-electron chi connectivity index (χ4n) is 1.74. The lowest BCUT2D eigenvalue weighted by atomic mass is 10.0. The topological polar surface area (TPSA) is 98.4 Å². The molecule has 0 aliphatic rings. The molecular formula is C16H17N5O. The van der Waals surface area contributed by atoms with E-state index in [1.54, 1.807) is 0 Å². The van der Waals surface area contributed by atoms with Gasteiger partial charge in [-0.05, 0) is 0 Å². The maximum absolute atomic E-state index is 5.27. The highest BCUT2D eigenvalue weighted by Crippen LogP contribution is 2.11. The molecule has 2 rings (SSSR count). The van der Waals surface area contributed by atoms with Crippen LogP contribution in [0.4, 0.5) is 0 Å². The SMILES string of the molecule is NC(N)=N/N=C/CON=C(c1ccccc1)c1ccccc1. The highest BCUT2D eigenvalue weighted by molar-refractivity contribution is 6.12. The summed E-state index contributed by atoms with van der Waals surface area (Å²) in [6, 6.07) is 19.6. The van der Waals surface area contributed by atoms with E-state index in [1.807, 2.05) is 60.7 Å². The van der Waals surface area contributed by atoms with E-state index in [0.717, 1.165) is 16.8 Å². The lowest BCUT2D eigenvalue weighted by Gasteiger charge is -2.06. The molecule has 0 atom stereocenters. The van der Waals surface area contributed by atoms with Crippen molar-refractivity contribution in [2.75, 3.05) is 6.61 Å². The molecule has 2 aromatic rings. The third kappa shape index (κ3) is 4.75. The van der Waals surface area contributed by atoms with Crippen molar-refractivity contribution in [2.24, 2.45) is 26.8 Å². The normalized spacial score (nSPS) is 10.2. The van der Waals surface area contributed by atoms with E-state index in [9.17, 15) is 0 Å².